The summed E-state index contributed by atoms with van der Waals surface area (Å²) in [5, 5.41) is 12.2. The van der Waals surface area contributed by atoms with Crippen molar-refractivity contribution in [1.82, 2.24) is 34.2 Å². The van der Waals surface area contributed by atoms with E-state index in [9.17, 15) is 13.2 Å². The topological polar surface area (TPSA) is 139 Å². The van der Waals surface area contributed by atoms with E-state index in [-0.39, 0.29) is 18.2 Å². The lowest BCUT2D eigenvalue weighted by Crippen LogP contribution is -2.43. The minimum Gasteiger partial charge on any atom is -0.371 e. The number of hydrogen-bond acceptors (Lipinski definition) is 8. The molecular weight excluding hydrogens is 530 g/mol. The highest BCUT2D eigenvalue weighted by atomic mass is 32.2. The zero-order chi connectivity index (χ0) is 28.0. The Bertz CT molecular complexity index is 1680. The molecular formula is C27H35N9O3S. The van der Waals surface area contributed by atoms with Gasteiger partial charge < -0.3 is 19.9 Å². The molecule has 1 aliphatic heterocycles. The average molecular weight is 566 g/mol. The fourth-order valence-corrected chi connectivity index (χ4v) is 5.94. The molecule has 3 aromatic heterocycles. The molecule has 0 unspecified atom stereocenters. The summed E-state index contributed by atoms with van der Waals surface area (Å²) >= 11 is 0. The SMILES string of the molecule is CCS(=O)(=O)NCc1nc(C)cn2cc(NC(=O)c3ccc(N4CCC(NC5CC5)CC4)c4cn(C)nc34)nc12. The number of nitrogens with one attached hydrogen (secondary N) is 3. The highest BCUT2D eigenvalue weighted by Crippen LogP contribution is 2.32. The summed E-state index contributed by atoms with van der Waals surface area (Å²) in [5.41, 5.74) is 3.85. The number of aryl methyl sites for hydroxylation is 2. The first-order valence-electron chi connectivity index (χ1n) is 13.8. The second kappa shape index (κ2) is 10.5. The Kier molecular flexibility index (Phi) is 6.97. The van der Waals surface area contributed by atoms with Gasteiger partial charge in [0.15, 0.2) is 11.5 Å². The molecule has 1 aromatic carbocycles. The molecule has 1 amide bonds. The number of carbonyl (C=O) groups is 1. The second-order valence-electron chi connectivity index (χ2n) is 10.8. The third-order valence-corrected chi connectivity index (χ3v) is 8.95. The van der Waals surface area contributed by atoms with Crippen molar-refractivity contribution >= 4 is 44.0 Å². The van der Waals surface area contributed by atoms with Gasteiger partial charge in [0.1, 0.15) is 5.52 Å². The van der Waals surface area contributed by atoms with Crippen molar-refractivity contribution in [3.63, 3.8) is 0 Å². The van der Waals surface area contributed by atoms with E-state index in [4.69, 9.17) is 0 Å². The molecule has 4 heterocycles. The number of imidazole rings is 1. The molecule has 0 bridgehead atoms. The van der Waals surface area contributed by atoms with E-state index < -0.39 is 10.0 Å². The quantitative estimate of drug-likeness (QED) is 0.281. The number of fused-ring (bicyclic) bond motifs is 2. The van der Waals surface area contributed by atoms with Crippen molar-refractivity contribution in [3.8, 4) is 0 Å². The van der Waals surface area contributed by atoms with Crippen LogP contribution in [0.3, 0.4) is 0 Å². The van der Waals surface area contributed by atoms with Gasteiger partial charge in [-0.15, -0.1) is 0 Å². The number of amides is 1. The minimum atomic E-state index is -3.40. The van der Waals surface area contributed by atoms with Crippen LogP contribution in [0.15, 0.2) is 30.7 Å². The molecule has 1 saturated carbocycles. The molecule has 3 N–H and O–H groups in total. The number of piperidine rings is 1. The number of sulfonamides is 1. The van der Waals surface area contributed by atoms with Crippen molar-refractivity contribution in [2.75, 3.05) is 29.1 Å². The van der Waals surface area contributed by atoms with E-state index in [0.29, 0.717) is 46.0 Å². The lowest BCUT2D eigenvalue weighted by molar-refractivity contribution is 0.102. The lowest BCUT2D eigenvalue weighted by atomic mass is 10.0. The van der Waals surface area contributed by atoms with Gasteiger partial charge in [0, 0.05) is 55.7 Å². The fourth-order valence-electron chi connectivity index (χ4n) is 5.38. The van der Waals surface area contributed by atoms with Crippen LogP contribution in [0.5, 0.6) is 0 Å². The van der Waals surface area contributed by atoms with Gasteiger partial charge in [-0.3, -0.25) is 14.5 Å². The highest BCUT2D eigenvalue weighted by Gasteiger charge is 2.28. The van der Waals surface area contributed by atoms with E-state index in [0.717, 1.165) is 37.0 Å². The molecule has 0 atom stereocenters. The Morgan fingerprint density at radius 3 is 2.52 bits per heavy atom. The second-order valence-corrected chi connectivity index (χ2v) is 12.9. The van der Waals surface area contributed by atoms with Crippen LogP contribution >= 0.6 is 0 Å². The number of nitrogens with zero attached hydrogens (tertiary/aromatic N) is 6. The predicted octanol–water partition coefficient (Wildman–Crippen LogP) is 2.34. The summed E-state index contributed by atoms with van der Waals surface area (Å²) in [5.74, 6) is 0.000883. The number of benzene rings is 1. The molecule has 2 fully saturated rings. The van der Waals surface area contributed by atoms with Gasteiger partial charge in [-0.1, -0.05) is 0 Å². The Morgan fingerprint density at radius 2 is 1.80 bits per heavy atom. The molecule has 2 aliphatic rings. The van der Waals surface area contributed by atoms with E-state index in [1.54, 1.807) is 28.4 Å². The van der Waals surface area contributed by atoms with Gasteiger partial charge in [-0.25, -0.2) is 18.1 Å². The molecule has 212 valence electrons. The van der Waals surface area contributed by atoms with Crippen LogP contribution in [0, 0.1) is 6.92 Å². The smallest absolute Gasteiger partial charge is 0.259 e. The van der Waals surface area contributed by atoms with Crippen molar-refractivity contribution in [1.29, 1.82) is 0 Å². The summed E-state index contributed by atoms with van der Waals surface area (Å²) in [4.78, 5) is 24.9. The first-order valence-corrected chi connectivity index (χ1v) is 15.5. The summed E-state index contributed by atoms with van der Waals surface area (Å²) < 4.78 is 29.9. The molecule has 0 radical (unpaired) electrons. The average Bonchev–Trinajstić information content (AvgIpc) is 3.51. The van der Waals surface area contributed by atoms with E-state index >= 15 is 0 Å². The van der Waals surface area contributed by atoms with Crippen LogP contribution in [0.1, 0.15) is 54.4 Å². The van der Waals surface area contributed by atoms with Crippen LogP contribution in [-0.4, -0.2) is 69.4 Å². The van der Waals surface area contributed by atoms with Gasteiger partial charge in [0.2, 0.25) is 10.0 Å². The molecule has 1 aliphatic carbocycles. The van der Waals surface area contributed by atoms with E-state index in [1.807, 2.05) is 32.3 Å². The zero-order valence-corrected chi connectivity index (χ0v) is 23.8. The van der Waals surface area contributed by atoms with Gasteiger partial charge in [0.25, 0.3) is 5.91 Å². The molecule has 4 aromatic rings. The van der Waals surface area contributed by atoms with E-state index in [2.05, 4.69) is 35.3 Å². The van der Waals surface area contributed by atoms with Gasteiger partial charge >= 0.3 is 0 Å². The Balaban J connectivity index is 1.23. The molecule has 40 heavy (non-hydrogen) atoms. The van der Waals surface area contributed by atoms with Crippen LogP contribution < -0.4 is 20.3 Å². The van der Waals surface area contributed by atoms with Crippen molar-refractivity contribution in [2.24, 2.45) is 7.05 Å². The molecule has 1 saturated heterocycles. The van der Waals surface area contributed by atoms with Crippen LogP contribution in [0.25, 0.3) is 16.6 Å². The monoisotopic (exact) mass is 565 g/mol. The molecule has 13 heteroatoms. The summed E-state index contributed by atoms with van der Waals surface area (Å²) in [6.07, 6.45) is 10.3. The summed E-state index contributed by atoms with van der Waals surface area (Å²) in [6, 6.07) is 5.15. The molecule has 12 nitrogen and oxygen atoms in total. The Hall–Kier alpha value is -3.55. The standard InChI is InChI=1S/C27H35N9O3S/c1-4-40(38,39)28-13-22-26-31-24(16-36(26)14-17(2)29-22)32-27(37)20-7-8-23(21-15-34(3)33-25(20)21)35-11-9-19(10-12-35)30-18-5-6-18/h7-8,14-16,18-19,28,30H,4-6,9-13H2,1-3H3,(H,32,37). The zero-order valence-electron chi connectivity index (χ0n) is 23.0. The number of aromatic nitrogens is 5. The minimum absolute atomic E-state index is 0.00959. The maximum Gasteiger partial charge on any atom is 0.259 e. The largest absolute Gasteiger partial charge is 0.371 e. The van der Waals surface area contributed by atoms with Crippen LogP contribution in [0.4, 0.5) is 11.5 Å². The number of hydrogen-bond donors (Lipinski definition) is 3. The maximum absolute atomic E-state index is 13.5. The lowest BCUT2D eigenvalue weighted by Gasteiger charge is -2.34. The van der Waals surface area contributed by atoms with Crippen molar-refractivity contribution in [3.05, 3.63) is 47.7 Å². The van der Waals surface area contributed by atoms with Gasteiger partial charge in [-0.05, 0) is 51.7 Å². The van der Waals surface area contributed by atoms with Gasteiger partial charge in [0.05, 0.1) is 35.4 Å². The van der Waals surface area contributed by atoms with Crippen molar-refractivity contribution < 1.29 is 13.2 Å². The summed E-state index contributed by atoms with van der Waals surface area (Å²) in [6.45, 7) is 5.33. The Morgan fingerprint density at radius 1 is 1.05 bits per heavy atom. The van der Waals surface area contributed by atoms with E-state index in [1.165, 1.54) is 12.8 Å². The number of rotatable bonds is 9. The Labute approximate surface area is 233 Å². The molecule has 0 spiro atoms. The first-order chi connectivity index (χ1) is 19.2. The van der Waals surface area contributed by atoms with Gasteiger partial charge in [-0.2, -0.15) is 5.10 Å². The first kappa shape index (κ1) is 26.7. The third-order valence-electron chi connectivity index (χ3n) is 7.61. The number of anilines is 2. The van der Waals surface area contributed by atoms with Crippen LogP contribution in [-0.2, 0) is 23.6 Å². The third kappa shape index (κ3) is 5.54. The fraction of sp³-hybridized carbons (Fsp3) is 0.481. The molecule has 6 rings (SSSR count). The van der Waals surface area contributed by atoms with Crippen LogP contribution in [0.2, 0.25) is 0 Å². The summed E-state index contributed by atoms with van der Waals surface area (Å²) in [7, 11) is -1.53. The maximum atomic E-state index is 13.5. The number of carbonyl (C=O) groups excluding carboxylic acids is 1. The normalized spacial score (nSPS) is 16.7. The highest BCUT2D eigenvalue weighted by molar-refractivity contribution is 7.89. The van der Waals surface area contributed by atoms with Crippen molar-refractivity contribution in [2.45, 2.75) is 58.2 Å². The predicted molar refractivity (Wildman–Crippen MR) is 154 cm³/mol.